The van der Waals surface area contributed by atoms with Crippen LogP contribution in [0.25, 0.3) is 0 Å². The van der Waals surface area contributed by atoms with E-state index in [-0.39, 0.29) is 36.0 Å². The Labute approximate surface area is 211 Å². The average molecular weight is 499 g/mol. The van der Waals surface area contributed by atoms with Gasteiger partial charge in [-0.15, -0.1) is 11.3 Å². The van der Waals surface area contributed by atoms with Gasteiger partial charge in [0, 0.05) is 44.3 Å². The second-order valence-electron chi connectivity index (χ2n) is 9.18. The molecule has 35 heavy (non-hydrogen) atoms. The summed E-state index contributed by atoms with van der Waals surface area (Å²) in [7, 11) is 4.02. The van der Waals surface area contributed by atoms with Crippen LogP contribution in [0.3, 0.4) is 0 Å². The van der Waals surface area contributed by atoms with Crippen LogP contribution >= 0.6 is 11.3 Å². The second-order valence-corrected chi connectivity index (χ2v) is 10.1. The highest BCUT2D eigenvalue weighted by Crippen LogP contribution is 2.37. The van der Waals surface area contributed by atoms with Crippen LogP contribution in [0.5, 0.6) is 0 Å². The standard InChI is InChI=1S/C26H34N4O4S/c1-4-34-26(33)22-23(28-14-16-29(17-15-28)24(31)21-11-7-18-35-21)19-9-5-6-10-20(19)30(25(22)32)13-8-12-27(2)3/h5-7,9-11,18-20H,4,8,12-17H2,1-3H3. The first-order valence-electron chi connectivity index (χ1n) is 12.2. The Balaban J connectivity index is 1.62. The minimum absolute atomic E-state index is 0.0319. The van der Waals surface area contributed by atoms with Crippen molar-refractivity contribution in [2.24, 2.45) is 5.92 Å². The summed E-state index contributed by atoms with van der Waals surface area (Å²) in [6.07, 6.45) is 8.89. The monoisotopic (exact) mass is 498 g/mol. The van der Waals surface area contributed by atoms with E-state index in [1.54, 1.807) is 6.92 Å². The van der Waals surface area contributed by atoms with Crippen molar-refractivity contribution in [3.05, 3.63) is 58.0 Å². The summed E-state index contributed by atoms with van der Waals surface area (Å²) in [4.78, 5) is 48.3. The molecule has 1 aromatic rings. The molecule has 3 heterocycles. The van der Waals surface area contributed by atoms with Crippen LogP contribution in [0.1, 0.15) is 23.0 Å². The van der Waals surface area contributed by atoms with E-state index >= 15 is 0 Å². The Kier molecular flexibility index (Phi) is 8.07. The van der Waals surface area contributed by atoms with Gasteiger partial charge in [0.2, 0.25) is 0 Å². The molecule has 188 valence electrons. The number of piperazine rings is 1. The lowest BCUT2D eigenvalue weighted by Gasteiger charge is -2.47. The molecule has 3 aliphatic rings. The molecule has 2 aliphatic heterocycles. The lowest BCUT2D eigenvalue weighted by Crippen LogP contribution is -2.56. The zero-order valence-electron chi connectivity index (χ0n) is 20.7. The third kappa shape index (κ3) is 5.36. The van der Waals surface area contributed by atoms with E-state index in [2.05, 4.69) is 22.0 Å². The van der Waals surface area contributed by atoms with E-state index in [9.17, 15) is 14.4 Å². The number of carbonyl (C=O) groups is 3. The molecule has 0 N–H and O–H groups in total. The van der Waals surface area contributed by atoms with E-state index in [0.717, 1.165) is 23.5 Å². The Morgan fingerprint density at radius 3 is 2.54 bits per heavy atom. The molecule has 4 rings (SSSR count). The van der Waals surface area contributed by atoms with Gasteiger partial charge in [-0.3, -0.25) is 9.59 Å². The summed E-state index contributed by atoms with van der Waals surface area (Å²) in [6.45, 7) is 5.57. The van der Waals surface area contributed by atoms with Crippen molar-refractivity contribution >= 4 is 29.1 Å². The van der Waals surface area contributed by atoms with Gasteiger partial charge in [0.15, 0.2) is 0 Å². The molecule has 0 radical (unpaired) electrons. The molecular weight excluding hydrogens is 464 g/mol. The molecule has 2 atom stereocenters. The lowest BCUT2D eigenvalue weighted by molar-refractivity contribution is -0.144. The number of nitrogens with zero attached hydrogens (tertiary/aromatic N) is 4. The molecule has 8 nitrogen and oxygen atoms in total. The molecule has 0 saturated carbocycles. The van der Waals surface area contributed by atoms with Gasteiger partial charge in [0.05, 0.1) is 17.5 Å². The van der Waals surface area contributed by atoms with Gasteiger partial charge in [0.25, 0.3) is 11.8 Å². The first kappa shape index (κ1) is 25.2. The van der Waals surface area contributed by atoms with Crippen molar-refractivity contribution in [2.75, 3.05) is 60.0 Å². The number of esters is 1. The molecule has 1 aromatic heterocycles. The highest BCUT2D eigenvalue weighted by molar-refractivity contribution is 7.12. The van der Waals surface area contributed by atoms with Gasteiger partial charge >= 0.3 is 5.97 Å². The average Bonchev–Trinajstić information content (AvgIpc) is 3.39. The first-order chi connectivity index (χ1) is 16.9. The van der Waals surface area contributed by atoms with E-state index < -0.39 is 5.97 Å². The predicted molar refractivity (Wildman–Crippen MR) is 136 cm³/mol. The zero-order valence-corrected chi connectivity index (χ0v) is 21.5. The fourth-order valence-corrected chi connectivity index (χ4v) is 5.67. The highest BCUT2D eigenvalue weighted by atomic mass is 32.1. The lowest BCUT2D eigenvalue weighted by atomic mass is 9.83. The SMILES string of the molecule is CCOC(=O)C1=C(N2CCN(C(=O)c3cccs3)CC2)C2C=CC=CC2N(CCCN(C)C)C1=O. The molecule has 9 heteroatoms. The topological polar surface area (TPSA) is 73.4 Å². The molecule has 0 spiro atoms. The van der Waals surface area contributed by atoms with Crippen LogP contribution in [-0.4, -0.2) is 103 Å². The molecular formula is C26H34N4O4S. The summed E-state index contributed by atoms with van der Waals surface area (Å²) in [5, 5.41) is 1.90. The minimum atomic E-state index is -0.566. The highest BCUT2D eigenvalue weighted by Gasteiger charge is 2.45. The fourth-order valence-electron chi connectivity index (χ4n) is 4.98. The second kappa shape index (κ2) is 11.2. The largest absolute Gasteiger partial charge is 0.462 e. The number of allylic oxidation sites excluding steroid dienone is 2. The number of carbonyl (C=O) groups excluding carboxylic acids is 3. The smallest absolute Gasteiger partial charge is 0.345 e. The minimum Gasteiger partial charge on any atom is -0.462 e. The van der Waals surface area contributed by atoms with Crippen LogP contribution in [0.2, 0.25) is 0 Å². The summed E-state index contributed by atoms with van der Waals surface area (Å²) < 4.78 is 5.37. The van der Waals surface area contributed by atoms with Gasteiger partial charge in [-0.05, 0) is 45.4 Å². The number of thiophene rings is 1. The Morgan fingerprint density at radius 2 is 1.89 bits per heavy atom. The van der Waals surface area contributed by atoms with E-state index in [0.29, 0.717) is 32.7 Å². The maximum absolute atomic E-state index is 13.8. The van der Waals surface area contributed by atoms with Crippen molar-refractivity contribution in [1.29, 1.82) is 0 Å². The van der Waals surface area contributed by atoms with Crippen molar-refractivity contribution < 1.29 is 19.1 Å². The third-order valence-electron chi connectivity index (χ3n) is 6.64. The van der Waals surface area contributed by atoms with Crippen LogP contribution in [0.15, 0.2) is 53.1 Å². The summed E-state index contributed by atoms with van der Waals surface area (Å²) >= 11 is 1.44. The van der Waals surface area contributed by atoms with E-state index in [1.165, 1.54) is 11.3 Å². The zero-order chi connectivity index (χ0) is 24.9. The first-order valence-corrected chi connectivity index (χ1v) is 13.1. The van der Waals surface area contributed by atoms with Crippen LogP contribution in [0.4, 0.5) is 0 Å². The Hall–Kier alpha value is -2.91. The molecule has 2 unspecified atom stereocenters. The van der Waals surface area contributed by atoms with Crippen molar-refractivity contribution in [2.45, 2.75) is 19.4 Å². The van der Waals surface area contributed by atoms with Crippen LogP contribution in [-0.2, 0) is 14.3 Å². The third-order valence-corrected chi connectivity index (χ3v) is 7.49. The van der Waals surface area contributed by atoms with Gasteiger partial charge in [-0.25, -0.2) is 4.79 Å². The van der Waals surface area contributed by atoms with Crippen LogP contribution < -0.4 is 0 Å². The number of hydrogen-bond donors (Lipinski definition) is 0. The van der Waals surface area contributed by atoms with Gasteiger partial charge < -0.3 is 24.3 Å². The quantitative estimate of drug-likeness (QED) is 0.404. The fraction of sp³-hybridized carbons (Fsp3) is 0.500. The number of rotatable bonds is 8. The summed E-state index contributed by atoms with van der Waals surface area (Å²) in [5.74, 6) is -0.931. The van der Waals surface area contributed by atoms with Gasteiger partial charge in [0.1, 0.15) is 5.57 Å². The molecule has 1 fully saturated rings. The maximum Gasteiger partial charge on any atom is 0.345 e. The molecule has 0 aromatic carbocycles. The predicted octanol–water partition coefficient (Wildman–Crippen LogP) is 2.23. The number of hydrogen-bond acceptors (Lipinski definition) is 7. The molecule has 0 bridgehead atoms. The van der Waals surface area contributed by atoms with Crippen molar-refractivity contribution in [3.8, 4) is 0 Å². The Bertz CT molecular complexity index is 1020. The molecule has 2 amide bonds. The number of amides is 2. The van der Waals surface area contributed by atoms with E-state index in [1.807, 2.05) is 53.6 Å². The number of ether oxygens (including phenoxy) is 1. The number of fused-ring (bicyclic) bond motifs is 1. The Morgan fingerprint density at radius 1 is 1.14 bits per heavy atom. The van der Waals surface area contributed by atoms with E-state index in [4.69, 9.17) is 4.74 Å². The van der Waals surface area contributed by atoms with Crippen LogP contribution in [0, 0.1) is 5.92 Å². The van der Waals surface area contributed by atoms with Gasteiger partial charge in [-0.1, -0.05) is 30.4 Å². The normalized spacial score (nSPS) is 22.2. The molecule has 1 aliphatic carbocycles. The maximum atomic E-state index is 13.8. The van der Waals surface area contributed by atoms with Crippen molar-refractivity contribution in [3.63, 3.8) is 0 Å². The summed E-state index contributed by atoms with van der Waals surface area (Å²) in [6, 6.07) is 3.58. The van der Waals surface area contributed by atoms with Gasteiger partial charge in [-0.2, -0.15) is 0 Å². The molecule has 1 saturated heterocycles. The summed E-state index contributed by atoms with van der Waals surface area (Å²) in [5.41, 5.74) is 0.863. The van der Waals surface area contributed by atoms with Crippen molar-refractivity contribution in [1.82, 2.24) is 19.6 Å².